The SMILES string of the molecule is CC(=O)NCC1CN(c2ccc(N3CCN(C(=O)COC(=O)c4ccc(NC(=O)CN(C)C)cc4)CC3)c(F)c2)C(=O)O1. The van der Waals surface area contributed by atoms with E-state index in [1.165, 1.54) is 30.0 Å². The molecule has 0 spiro atoms. The average molecular weight is 599 g/mol. The zero-order valence-corrected chi connectivity index (χ0v) is 24.3. The molecule has 4 rings (SSSR count). The van der Waals surface area contributed by atoms with E-state index in [1.807, 2.05) is 0 Å². The van der Waals surface area contributed by atoms with Crippen LogP contribution in [0, 0.1) is 5.82 Å². The first-order valence-corrected chi connectivity index (χ1v) is 13.8. The Kier molecular flexibility index (Phi) is 10.1. The highest BCUT2D eigenvalue weighted by molar-refractivity contribution is 5.94. The molecule has 2 aliphatic rings. The van der Waals surface area contributed by atoms with Crippen LogP contribution >= 0.6 is 0 Å². The fraction of sp³-hybridized carbons (Fsp3) is 0.414. The van der Waals surface area contributed by atoms with Gasteiger partial charge in [-0.05, 0) is 56.6 Å². The van der Waals surface area contributed by atoms with Crippen LogP contribution in [-0.4, -0.2) is 112 Å². The fourth-order valence-electron chi connectivity index (χ4n) is 4.69. The summed E-state index contributed by atoms with van der Waals surface area (Å²) in [4.78, 5) is 66.7. The Balaban J connectivity index is 1.23. The fourth-order valence-corrected chi connectivity index (χ4v) is 4.69. The summed E-state index contributed by atoms with van der Waals surface area (Å²) in [6, 6.07) is 10.6. The molecule has 2 aromatic rings. The van der Waals surface area contributed by atoms with Gasteiger partial charge in [0.2, 0.25) is 11.8 Å². The maximum atomic E-state index is 15.1. The molecule has 2 saturated heterocycles. The van der Waals surface area contributed by atoms with Crippen LogP contribution in [0.5, 0.6) is 0 Å². The van der Waals surface area contributed by atoms with E-state index in [0.29, 0.717) is 43.2 Å². The van der Waals surface area contributed by atoms with E-state index in [1.54, 1.807) is 53.1 Å². The van der Waals surface area contributed by atoms with Gasteiger partial charge in [-0.2, -0.15) is 0 Å². The van der Waals surface area contributed by atoms with Gasteiger partial charge < -0.3 is 34.8 Å². The predicted molar refractivity (Wildman–Crippen MR) is 155 cm³/mol. The second-order valence-electron chi connectivity index (χ2n) is 10.5. The topological polar surface area (TPSA) is 141 Å². The number of likely N-dealkylation sites (N-methyl/N-ethyl adjacent to an activating group) is 1. The summed E-state index contributed by atoms with van der Waals surface area (Å²) in [6.45, 7) is 2.86. The zero-order valence-electron chi connectivity index (χ0n) is 24.3. The van der Waals surface area contributed by atoms with Crippen LogP contribution in [0.25, 0.3) is 0 Å². The molecule has 14 heteroatoms. The number of esters is 1. The van der Waals surface area contributed by atoms with Crippen molar-refractivity contribution in [1.82, 2.24) is 15.1 Å². The molecule has 2 fully saturated rings. The third-order valence-electron chi connectivity index (χ3n) is 6.86. The molecule has 0 aliphatic carbocycles. The molecular formula is C29H35FN6O7. The number of nitrogens with zero attached hydrogens (tertiary/aromatic N) is 4. The van der Waals surface area contributed by atoms with Gasteiger partial charge in [-0.3, -0.25) is 19.3 Å². The number of nitrogens with one attached hydrogen (secondary N) is 2. The van der Waals surface area contributed by atoms with Crippen molar-refractivity contribution in [1.29, 1.82) is 0 Å². The maximum Gasteiger partial charge on any atom is 0.414 e. The summed E-state index contributed by atoms with van der Waals surface area (Å²) in [5, 5.41) is 5.32. The Morgan fingerprint density at radius 1 is 1.05 bits per heavy atom. The Morgan fingerprint density at radius 3 is 2.37 bits per heavy atom. The molecule has 4 amide bonds. The molecule has 230 valence electrons. The first-order valence-electron chi connectivity index (χ1n) is 13.8. The molecule has 1 unspecified atom stereocenters. The quantitative estimate of drug-likeness (QED) is 0.387. The molecule has 2 heterocycles. The Bertz CT molecular complexity index is 1360. The second kappa shape index (κ2) is 14.0. The van der Waals surface area contributed by atoms with Gasteiger partial charge >= 0.3 is 12.1 Å². The van der Waals surface area contributed by atoms with Gasteiger partial charge in [0, 0.05) is 38.8 Å². The van der Waals surface area contributed by atoms with Gasteiger partial charge in [0.05, 0.1) is 36.6 Å². The second-order valence-corrected chi connectivity index (χ2v) is 10.5. The van der Waals surface area contributed by atoms with E-state index in [2.05, 4.69) is 10.6 Å². The molecule has 0 radical (unpaired) electrons. The number of carbonyl (C=O) groups excluding carboxylic acids is 5. The van der Waals surface area contributed by atoms with Crippen molar-refractivity contribution < 1.29 is 37.8 Å². The van der Waals surface area contributed by atoms with E-state index >= 15 is 4.39 Å². The van der Waals surface area contributed by atoms with E-state index in [4.69, 9.17) is 9.47 Å². The summed E-state index contributed by atoms with van der Waals surface area (Å²) in [7, 11) is 3.56. The molecule has 2 N–H and O–H groups in total. The largest absolute Gasteiger partial charge is 0.452 e. The normalized spacial score (nSPS) is 16.6. The van der Waals surface area contributed by atoms with Crippen molar-refractivity contribution in [2.24, 2.45) is 0 Å². The van der Waals surface area contributed by atoms with Crippen LogP contribution < -0.4 is 20.4 Å². The lowest BCUT2D eigenvalue weighted by Gasteiger charge is -2.36. The number of carbonyl (C=O) groups is 5. The van der Waals surface area contributed by atoms with E-state index in [0.717, 1.165) is 0 Å². The van der Waals surface area contributed by atoms with Crippen LogP contribution in [0.3, 0.4) is 0 Å². The van der Waals surface area contributed by atoms with Gasteiger partial charge in [-0.15, -0.1) is 0 Å². The van der Waals surface area contributed by atoms with Crippen molar-refractivity contribution in [2.75, 3.05) is 81.6 Å². The molecule has 1 atom stereocenters. The van der Waals surface area contributed by atoms with E-state index < -0.39 is 30.6 Å². The van der Waals surface area contributed by atoms with Crippen LogP contribution in [0.1, 0.15) is 17.3 Å². The lowest BCUT2D eigenvalue weighted by molar-refractivity contribution is -0.134. The first-order chi connectivity index (χ1) is 20.5. The van der Waals surface area contributed by atoms with Gasteiger partial charge in [0.1, 0.15) is 11.9 Å². The third kappa shape index (κ3) is 8.41. The Morgan fingerprint density at radius 2 is 1.74 bits per heavy atom. The molecule has 0 aromatic heterocycles. The maximum absolute atomic E-state index is 15.1. The summed E-state index contributed by atoms with van der Waals surface area (Å²) in [5.41, 5.74) is 1.46. The Hall–Kier alpha value is -4.72. The van der Waals surface area contributed by atoms with Crippen LogP contribution in [0.15, 0.2) is 42.5 Å². The van der Waals surface area contributed by atoms with E-state index in [-0.39, 0.29) is 42.9 Å². The van der Waals surface area contributed by atoms with E-state index in [9.17, 15) is 24.0 Å². The highest BCUT2D eigenvalue weighted by atomic mass is 19.1. The van der Waals surface area contributed by atoms with Crippen molar-refractivity contribution in [2.45, 2.75) is 13.0 Å². The summed E-state index contributed by atoms with van der Waals surface area (Å²) < 4.78 is 25.5. The minimum Gasteiger partial charge on any atom is -0.452 e. The summed E-state index contributed by atoms with van der Waals surface area (Å²) in [5.74, 6) is -1.97. The number of rotatable bonds is 10. The van der Waals surface area contributed by atoms with Crippen LogP contribution in [0.4, 0.5) is 26.2 Å². The number of ether oxygens (including phenoxy) is 2. The molecule has 13 nitrogen and oxygen atoms in total. The standard InChI is InChI=1S/C29H35FN6O7/c1-19(37)31-15-23-16-36(29(41)43-23)22-8-9-25(24(30)14-22)34-10-12-35(13-11-34)27(39)18-42-28(40)20-4-6-21(7-5-20)32-26(38)17-33(2)3/h4-9,14,23H,10-13,15-18H2,1-3H3,(H,31,37)(H,32,38). The zero-order chi connectivity index (χ0) is 31.1. The molecule has 0 bridgehead atoms. The van der Waals surface area contributed by atoms with Crippen molar-refractivity contribution in [3.8, 4) is 0 Å². The first kappa shape index (κ1) is 31.2. The molecule has 0 saturated carbocycles. The predicted octanol–water partition coefficient (Wildman–Crippen LogP) is 1.29. The molecule has 43 heavy (non-hydrogen) atoms. The number of anilines is 3. The number of halogens is 1. The van der Waals surface area contributed by atoms with Crippen LogP contribution in [-0.2, 0) is 23.9 Å². The van der Waals surface area contributed by atoms with Crippen LogP contribution in [0.2, 0.25) is 0 Å². The van der Waals surface area contributed by atoms with Gasteiger partial charge in [-0.25, -0.2) is 14.0 Å². The van der Waals surface area contributed by atoms with Gasteiger partial charge in [0.25, 0.3) is 5.91 Å². The molecular weight excluding hydrogens is 563 g/mol. The van der Waals surface area contributed by atoms with Gasteiger partial charge in [0.15, 0.2) is 6.61 Å². The minimum atomic E-state index is -0.663. The monoisotopic (exact) mass is 598 g/mol. The number of piperazine rings is 1. The highest BCUT2D eigenvalue weighted by Crippen LogP contribution is 2.28. The number of hydrogen-bond acceptors (Lipinski definition) is 9. The van der Waals surface area contributed by atoms with Crippen molar-refractivity contribution in [3.63, 3.8) is 0 Å². The number of hydrogen-bond donors (Lipinski definition) is 2. The third-order valence-corrected chi connectivity index (χ3v) is 6.86. The lowest BCUT2D eigenvalue weighted by Crippen LogP contribution is -2.50. The number of cyclic esters (lactones) is 1. The Labute approximate surface area is 248 Å². The molecule has 2 aromatic carbocycles. The lowest BCUT2D eigenvalue weighted by atomic mass is 10.2. The van der Waals surface area contributed by atoms with Gasteiger partial charge in [-0.1, -0.05) is 0 Å². The summed E-state index contributed by atoms with van der Waals surface area (Å²) in [6.07, 6.45) is -1.15. The number of benzene rings is 2. The molecule has 2 aliphatic heterocycles. The average Bonchev–Trinajstić information content (AvgIpc) is 3.35. The number of amides is 4. The van der Waals surface area contributed by atoms with Crippen molar-refractivity contribution in [3.05, 3.63) is 53.8 Å². The summed E-state index contributed by atoms with van der Waals surface area (Å²) >= 11 is 0. The van der Waals surface area contributed by atoms with Crippen molar-refractivity contribution >= 4 is 46.8 Å². The highest BCUT2D eigenvalue weighted by Gasteiger charge is 2.33. The smallest absolute Gasteiger partial charge is 0.414 e. The minimum absolute atomic E-state index is 0.172.